The first-order valence-electron chi connectivity index (χ1n) is 5.67. The molecule has 1 heterocycles. The summed E-state index contributed by atoms with van der Waals surface area (Å²) in [5.41, 5.74) is 2.92. The predicted octanol–water partition coefficient (Wildman–Crippen LogP) is 3.63. The van der Waals surface area contributed by atoms with Crippen LogP contribution in [0.5, 0.6) is 0 Å². The third kappa shape index (κ3) is 2.28. The van der Waals surface area contributed by atoms with Crippen molar-refractivity contribution in [2.45, 2.75) is 25.0 Å². The standard InChI is InChI=1S/C14H19S/c1-3-14(15-10-6-7-11-15)13-9-5-4-8-12(13)2/h3-5,8-9,14H,1,6-7,10-11H2,2H3/q+1. The maximum Gasteiger partial charge on any atom is 0.161 e. The number of rotatable bonds is 3. The van der Waals surface area contributed by atoms with Crippen LogP contribution in [0.15, 0.2) is 36.9 Å². The second-order valence-corrected chi connectivity index (χ2v) is 6.56. The van der Waals surface area contributed by atoms with Gasteiger partial charge < -0.3 is 0 Å². The molecule has 15 heavy (non-hydrogen) atoms. The summed E-state index contributed by atoms with van der Waals surface area (Å²) in [6.07, 6.45) is 5.00. The van der Waals surface area contributed by atoms with Crippen LogP contribution in [0.25, 0.3) is 0 Å². The molecular formula is C14H19S+. The minimum absolute atomic E-state index is 0.556. The number of aryl methyl sites for hydroxylation is 1. The van der Waals surface area contributed by atoms with E-state index in [1.54, 1.807) is 0 Å². The van der Waals surface area contributed by atoms with Crippen molar-refractivity contribution in [2.24, 2.45) is 0 Å². The van der Waals surface area contributed by atoms with Gasteiger partial charge in [0.25, 0.3) is 0 Å². The fourth-order valence-electron chi connectivity index (χ4n) is 2.28. The van der Waals surface area contributed by atoms with E-state index >= 15 is 0 Å². The molecular weight excluding hydrogens is 200 g/mol. The Balaban J connectivity index is 2.26. The number of hydrogen-bond acceptors (Lipinski definition) is 0. The molecule has 0 nitrogen and oxygen atoms in total. The van der Waals surface area contributed by atoms with Crippen molar-refractivity contribution in [3.05, 3.63) is 48.0 Å². The van der Waals surface area contributed by atoms with Gasteiger partial charge >= 0.3 is 0 Å². The van der Waals surface area contributed by atoms with E-state index in [9.17, 15) is 0 Å². The SMILES string of the molecule is C=CC(c1ccccc1C)[S+]1CCCC1. The Hall–Kier alpha value is -0.690. The molecule has 80 valence electrons. The number of hydrogen-bond donors (Lipinski definition) is 0. The Labute approximate surface area is 95.7 Å². The first kappa shape index (κ1) is 10.8. The zero-order chi connectivity index (χ0) is 10.7. The van der Waals surface area contributed by atoms with Crippen LogP contribution in [0.1, 0.15) is 29.2 Å². The van der Waals surface area contributed by atoms with Crippen molar-refractivity contribution in [1.82, 2.24) is 0 Å². The van der Waals surface area contributed by atoms with Gasteiger partial charge in [0.15, 0.2) is 5.25 Å². The zero-order valence-corrected chi connectivity index (χ0v) is 10.2. The highest BCUT2D eigenvalue weighted by atomic mass is 32.2. The lowest BCUT2D eigenvalue weighted by atomic mass is 10.1. The van der Waals surface area contributed by atoms with Gasteiger partial charge in [0.1, 0.15) is 11.5 Å². The highest BCUT2D eigenvalue weighted by Gasteiger charge is 2.33. The highest BCUT2D eigenvalue weighted by Crippen LogP contribution is 2.32. The minimum Gasteiger partial charge on any atom is -0.0978 e. The molecule has 1 aromatic rings. The zero-order valence-electron chi connectivity index (χ0n) is 9.41. The van der Waals surface area contributed by atoms with Gasteiger partial charge in [0.05, 0.1) is 0 Å². The third-order valence-corrected chi connectivity index (χ3v) is 5.92. The van der Waals surface area contributed by atoms with Crippen molar-refractivity contribution in [3.63, 3.8) is 0 Å². The lowest BCUT2D eigenvalue weighted by Gasteiger charge is -2.14. The molecule has 1 atom stereocenters. The molecule has 0 saturated carbocycles. The molecule has 0 radical (unpaired) electrons. The molecule has 1 aliphatic rings. The van der Waals surface area contributed by atoms with E-state index in [4.69, 9.17) is 0 Å². The average molecular weight is 219 g/mol. The van der Waals surface area contributed by atoms with Gasteiger partial charge in [0, 0.05) is 5.56 Å². The second kappa shape index (κ2) is 4.89. The summed E-state index contributed by atoms with van der Waals surface area (Å²) in [5, 5.41) is 0.605. The van der Waals surface area contributed by atoms with E-state index < -0.39 is 0 Å². The van der Waals surface area contributed by atoms with E-state index in [0.717, 1.165) is 0 Å². The van der Waals surface area contributed by atoms with E-state index in [2.05, 4.69) is 43.8 Å². The van der Waals surface area contributed by atoms with E-state index in [-0.39, 0.29) is 0 Å². The summed E-state index contributed by atoms with van der Waals surface area (Å²) in [6.45, 7) is 6.24. The van der Waals surface area contributed by atoms with Gasteiger partial charge in [-0.25, -0.2) is 0 Å². The van der Waals surface area contributed by atoms with Crippen LogP contribution < -0.4 is 0 Å². The number of benzene rings is 1. The molecule has 0 bridgehead atoms. The molecule has 0 aromatic heterocycles. The monoisotopic (exact) mass is 219 g/mol. The van der Waals surface area contributed by atoms with Gasteiger partial charge in [-0.3, -0.25) is 0 Å². The topological polar surface area (TPSA) is 0 Å². The van der Waals surface area contributed by atoms with Gasteiger partial charge in [-0.2, -0.15) is 0 Å². The first-order chi connectivity index (χ1) is 7.33. The van der Waals surface area contributed by atoms with Gasteiger partial charge in [0.2, 0.25) is 0 Å². The van der Waals surface area contributed by atoms with E-state index in [1.807, 2.05) is 0 Å². The maximum absolute atomic E-state index is 4.03. The van der Waals surface area contributed by atoms with Crippen molar-refractivity contribution >= 4 is 10.9 Å². The molecule has 0 aliphatic carbocycles. The lowest BCUT2D eigenvalue weighted by Crippen LogP contribution is -2.14. The summed E-state index contributed by atoms with van der Waals surface area (Å²) in [6, 6.07) is 8.76. The fourth-order valence-corrected chi connectivity index (χ4v) is 5.04. The summed E-state index contributed by atoms with van der Waals surface area (Å²) < 4.78 is 0. The van der Waals surface area contributed by atoms with Crippen LogP contribution in [0, 0.1) is 6.92 Å². The van der Waals surface area contributed by atoms with Crippen molar-refractivity contribution < 1.29 is 0 Å². The van der Waals surface area contributed by atoms with Gasteiger partial charge in [-0.15, -0.1) is 0 Å². The first-order valence-corrected chi connectivity index (χ1v) is 7.30. The molecule has 1 unspecified atom stereocenters. The molecule has 0 spiro atoms. The largest absolute Gasteiger partial charge is 0.161 e. The fraction of sp³-hybridized carbons (Fsp3) is 0.429. The Morgan fingerprint density at radius 2 is 1.93 bits per heavy atom. The Morgan fingerprint density at radius 1 is 1.27 bits per heavy atom. The normalized spacial score (nSPS) is 19.0. The van der Waals surface area contributed by atoms with Crippen LogP contribution >= 0.6 is 0 Å². The molecule has 1 saturated heterocycles. The minimum atomic E-state index is 0.556. The Bertz CT molecular complexity index is 337. The molecule has 1 aromatic carbocycles. The quantitative estimate of drug-likeness (QED) is 0.538. The van der Waals surface area contributed by atoms with E-state index in [1.165, 1.54) is 35.5 Å². The van der Waals surface area contributed by atoms with Crippen molar-refractivity contribution in [2.75, 3.05) is 11.5 Å². The van der Waals surface area contributed by atoms with Crippen LogP contribution in [-0.2, 0) is 10.9 Å². The van der Waals surface area contributed by atoms with Gasteiger partial charge in [-0.05, 0) is 42.3 Å². The molecule has 1 heteroatoms. The van der Waals surface area contributed by atoms with Crippen molar-refractivity contribution in [1.29, 1.82) is 0 Å². The average Bonchev–Trinajstić information content (AvgIpc) is 2.75. The molecule has 1 aliphatic heterocycles. The second-order valence-electron chi connectivity index (χ2n) is 4.17. The molecule has 1 fully saturated rings. The van der Waals surface area contributed by atoms with E-state index in [0.29, 0.717) is 16.1 Å². The summed E-state index contributed by atoms with van der Waals surface area (Å²) >= 11 is 0. The molecule has 2 rings (SSSR count). The predicted molar refractivity (Wildman–Crippen MR) is 70.5 cm³/mol. The summed E-state index contributed by atoms with van der Waals surface area (Å²) in [4.78, 5) is 0. The third-order valence-electron chi connectivity index (χ3n) is 3.13. The van der Waals surface area contributed by atoms with Crippen LogP contribution in [0.2, 0.25) is 0 Å². The van der Waals surface area contributed by atoms with Crippen LogP contribution in [0.4, 0.5) is 0 Å². The summed E-state index contributed by atoms with van der Waals surface area (Å²) in [5.74, 6) is 2.82. The maximum atomic E-state index is 4.03. The van der Waals surface area contributed by atoms with Gasteiger partial charge in [-0.1, -0.05) is 30.8 Å². The van der Waals surface area contributed by atoms with Crippen molar-refractivity contribution in [3.8, 4) is 0 Å². The Kier molecular flexibility index (Phi) is 3.53. The Morgan fingerprint density at radius 3 is 2.53 bits per heavy atom. The summed E-state index contributed by atoms with van der Waals surface area (Å²) in [7, 11) is 0.556. The van der Waals surface area contributed by atoms with Crippen LogP contribution in [0.3, 0.4) is 0 Å². The van der Waals surface area contributed by atoms with Crippen LogP contribution in [-0.4, -0.2) is 11.5 Å². The molecule has 0 amide bonds. The smallest absolute Gasteiger partial charge is 0.0978 e. The lowest BCUT2D eigenvalue weighted by molar-refractivity contribution is 0.949. The highest BCUT2D eigenvalue weighted by molar-refractivity contribution is 7.97. The molecule has 0 N–H and O–H groups in total.